The van der Waals surface area contributed by atoms with Gasteiger partial charge in [0.2, 0.25) is 0 Å². The molecule has 0 unspecified atom stereocenters. The summed E-state index contributed by atoms with van der Waals surface area (Å²) >= 11 is 5.76. The summed E-state index contributed by atoms with van der Waals surface area (Å²) in [6.07, 6.45) is 0. The van der Waals surface area contributed by atoms with Gasteiger partial charge in [0.05, 0.1) is 5.57 Å². The Morgan fingerprint density at radius 3 is 2.11 bits per heavy atom. The number of imide groups is 1. The summed E-state index contributed by atoms with van der Waals surface area (Å²) in [7, 11) is 0. The molecule has 0 spiro atoms. The lowest BCUT2D eigenvalue weighted by atomic mass is 10.1. The van der Waals surface area contributed by atoms with Gasteiger partial charge < -0.3 is 5.11 Å². The first-order valence-electron chi connectivity index (χ1n) is 5.50. The van der Waals surface area contributed by atoms with Crippen molar-refractivity contribution in [1.29, 1.82) is 0 Å². The number of amides is 2. The second-order valence-electron chi connectivity index (χ2n) is 4.30. The van der Waals surface area contributed by atoms with Gasteiger partial charge in [-0.3, -0.25) is 14.5 Å². The predicted molar refractivity (Wildman–Crippen MR) is 68.0 cm³/mol. The van der Waals surface area contributed by atoms with Crippen molar-refractivity contribution >= 4 is 29.0 Å². The summed E-state index contributed by atoms with van der Waals surface area (Å²) in [6.45, 7) is 3.43. The van der Waals surface area contributed by atoms with Crippen molar-refractivity contribution < 1.29 is 14.7 Å². The van der Waals surface area contributed by atoms with Crippen molar-refractivity contribution in [2.45, 2.75) is 19.9 Å². The van der Waals surface area contributed by atoms with E-state index in [0.29, 0.717) is 10.6 Å². The molecule has 2 amide bonds. The van der Waals surface area contributed by atoms with Gasteiger partial charge in [-0.05, 0) is 31.5 Å². The van der Waals surface area contributed by atoms with Crippen molar-refractivity contribution in [3.63, 3.8) is 0 Å². The van der Waals surface area contributed by atoms with Crippen molar-refractivity contribution in [1.82, 2.24) is 4.90 Å². The van der Waals surface area contributed by atoms with E-state index < -0.39 is 17.6 Å². The number of aliphatic hydroxyl groups excluding tert-OH is 1. The molecule has 5 heteroatoms. The van der Waals surface area contributed by atoms with Gasteiger partial charge in [-0.25, -0.2) is 0 Å². The van der Waals surface area contributed by atoms with Crippen molar-refractivity contribution in [3.05, 3.63) is 40.6 Å². The predicted octanol–water partition coefficient (Wildman–Crippen LogP) is 2.39. The summed E-state index contributed by atoms with van der Waals surface area (Å²) in [5.41, 5.74) is 0.517. The van der Waals surface area contributed by atoms with E-state index in [0.717, 1.165) is 4.90 Å². The summed E-state index contributed by atoms with van der Waals surface area (Å²) in [5.74, 6) is -1.63. The maximum Gasteiger partial charge on any atom is 0.296 e. The van der Waals surface area contributed by atoms with Crippen LogP contribution in [0.4, 0.5) is 0 Å². The lowest BCUT2D eigenvalue weighted by molar-refractivity contribution is -0.139. The molecular weight excluding hydrogens is 254 g/mol. The number of aliphatic hydroxyl groups is 1. The molecule has 0 atom stereocenters. The molecule has 0 aromatic heterocycles. The zero-order valence-corrected chi connectivity index (χ0v) is 10.7. The third-order valence-electron chi connectivity index (χ3n) is 2.74. The van der Waals surface area contributed by atoms with Crippen LogP contribution in [0, 0.1) is 0 Å². The molecule has 1 aromatic rings. The second kappa shape index (κ2) is 4.46. The lowest BCUT2D eigenvalue weighted by Gasteiger charge is -2.18. The van der Waals surface area contributed by atoms with Crippen LogP contribution < -0.4 is 0 Å². The number of nitrogens with zero attached hydrogens (tertiary/aromatic N) is 1. The quantitative estimate of drug-likeness (QED) is 0.836. The molecule has 0 radical (unpaired) electrons. The van der Waals surface area contributed by atoms with Gasteiger partial charge in [-0.15, -0.1) is 0 Å². The minimum Gasteiger partial charge on any atom is -0.502 e. The average Bonchev–Trinajstić information content (AvgIpc) is 2.52. The van der Waals surface area contributed by atoms with Crippen molar-refractivity contribution in [2.75, 3.05) is 0 Å². The SMILES string of the molecule is CC(C)N1C(=O)C(O)=C(c2ccc(Cl)cc2)C1=O. The molecule has 0 aliphatic carbocycles. The number of benzene rings is 1. The molecule has 0 bridgehead atoms. The fourth-order valence-electron chi connectivity index (χ4n) is 1.88. The Kier molecular flexibility index (Phi) is 3.13. The largest absolute Gasteiger partial charge is 0.502 e. The van der Waals surface area contributed by atoms with E-state index in [-0.39, 0.29) is 11.6 Å². The fourth-order valence-corrected chi connectivity index (χ4v) is 2.01. The van der Waals surface area contributed by atoms with E-state index in [2.05, 4.69) is 0 Å². The van der Waals surface area contributed by atoms with Crippen LogP contribution in [0.15, 0.2) is 30.0 Å². The number of carbonyl (C=O) groups is 2. The molecule has 1 N–H and O–H groups in total. The molecule has 4 nitrogen and oxygen atoms in total. The number of carbonyl (C=O) groups excluding carboxylic acids is 2. The Balaban J connectivity index is 2.48. The van der Waals surface area contributed by atoms with E-state index in [1.807, 2.05) is 0 Å². The molecule has 0 saturated heterocycles. The van der Waals surface area contributed by atoms with Crippen molar-refractivity contribution in [2.24, 2.45) is 0 Å². The highest BCUT2D eigenvalue weighted by Gasteiger charge is 2.40. The summed E-state index contributed by atoms with van der Waals surface area (Å²) in [5, 5.41) is 10.3. The molecule has 94 valence electrons. The Bertz CT molecular complexity index is 546. The van der Waals surface area contributed by atoms with Crippen LogP contribution in [0.5, 0.6) is 0 Å². The van der Waals surface area contributed by atoms with Gasteiger partial charge in [0.25, 0.3) is 11.8 Å². The molecule has 1 aromatic carbocycles. The number of hydrogen-bond donors (Lipinski definition) is 1. The van der Waals surface area contributed by atoms with E-state index >= 15 is 0 Å². The zero-order chi connectivity index (χ0) is 13.4. The highest BCUT2D eigenvalue weighted by molar-refractivity contribution is 6.35. The molecule has 1 heterocycles. The Morgan fingerprint density at radius 2 is 1.67 bits per heavy atom. The minimum atomic E-state index is -0.653. The van der Waals surface area contributed by atoms with Crippen LogP contribution in [0.3, 0.4) is 0 Å². The fraction of sp³-hybridized carbons (Fsp3) is 0.231. The second-order valence-corrected chi connectivity index (χ2v) is 4.74. The lowest BCUT2D eigenvalue weighted by Crippen LogP contribution is -2.37. The zero-order valence-electron chi connectivity index (χ0n) is 9.98. The van der Waals surface area contributed by atoms with E-state index in [1.54, 1.807) is 38.1 Å². The van der Waals surface area contributed by atoms with Crippen LogP contribution in [0.2, 0.25) is 5.02 Å². The molecule has 1 aliphatic heterocycles. The van der Waals surface area contributed by atoms with Gasteiger partial charge in [0, 0.05) is 11.1 Å². The molecule has 2 rings (SSSR count). The molecule has 1 aliphatic rings. The summed E-state index contributed by atoms with van der Waals surface area (Å²) in [6, 6.07) is 6.11. The smallest absolute Gasteiger partial charge is 0.296 e. The number of halogens is 1. The van der Waals surface area contributed by atoms with Crippen molar-refractivity contribution in [3.8, 4) is 0 Å². The van der Waals surface area contributed by atoms with E-state index in [9.17, 15) is 14.7 Å². The van der Waals surface area contributed by atoms with Gasteiger partial charge in [0.15, 0.2) is 5.76 Å². The monoisotopic (exact) mass is 265 g/mol. The van der Waals surface area contributed by atoms with Gasteiger partial charge in [-0.2, -0.15) is 0 Å². The van der Waals surface area contributed by atoms with E-state index in [1.165, 1.54) is 0 Å². The van der Waals surface area contributed by atoms with Gasteiger partial charge >= 0.3 is 0 Å². The molecule has 18 heavy (non-hydrogen) atoms. The number of hydrogen-bond acceptors (Lipinski definition) is 3. The van der Waals surface area contributed by atoms with Crippen LogP contribution in [0.1, 0.15) is 19.4 Å². The van der Waals surface area contributed by atoms with Crippen LogP contribution in [0.25, 0.3) is 5.57 Å². The highest BCUT2D eigenvalue weighted by Crippen LogP contribution is 2.29. The van der Waals surface area contributed by atoms with Crippen LogP contribution in [-0.4, -0.2) is 27.9 Å². The molecule has 0 saturated carbocycles. The van der Waals surface area contributed by atoms with E-state index in [4.69, 9.17) is 11.6 Å². The minimum absolute atomic E-state index is 0.0327. The third-order valence-corrected chi connectivity index (χ3v) is 2.99. The highest BCUT2D eigenvalue weighted by atomic mass is 35.5. The first kappa shape index (κ1) is 12.6. The Morgan fingerprint density at radius 1 is 1.11 bits per heavy atom. The van der Waals surface area contributed by atoms with Gasteiger partial charge in [0.1, 0.15) is 0 Å². The van der Waals surface area contributed by atoms with Crippen LogP contribution in [-0.2, 0) is 9.59 Å². The molecular formula is C13H12ClNO3. The first-order valence-corrected chi connectivity index (χ1v) is 5.88. The summed E-state index contributed by atoms with van der Waals surface area (Å²) in [4.78, 5) is 24.9. The van der Waals surface area contributed by atoms with Gasteiger partial charge in [-0.1, -0.05) is 23.7 Å². The third kappa shape index (κ3) is 1.88. The normalized spacial score (nSPS) is 16.1. The maximum atomic E-state index is 12.1. The number of rotatable bonds is 2. The van der Waals surface area contributed by atoms with Crippen LogP contribution >= 0.6 is 11.6 Å². The maximum absolute atomic E-state index is 12.1. The standard InChI is InChI=1S/C13H12ClNO3/c1-7(2)15-12(17)10(11(16)13(15)18)8-3-5-9(14)6-4-8/h3-7,16H,1-2H3. The first-order chi connectivity index (χ1) is 8.43. The Labute approximate surface area is 109 Å². The molecule has 0 fully saturated rings. The average molecular weight is 266 g/mol. The topological polar surface area (TPSA) is 57.6 Å². The Hall–Kier alpha value is -1.81. The summed E-state index contributed by atoms with van der Waals surface area (Å²) < 4.78 is 0.